The largest absolute Gasteiger partial charge is 0.480 e. The van der Waals surface area contributed by atoms with Crippen molar-refractivity contribution >= 4 is 12.1 Å². The Kier molecular flexibility index (Phi) is 5.49. The predicted octanol–water partition coefficient (Wildman–Crippen LogP) is 2.62. The molecule has 1 aliphatic rings. The summed E-state index contributed by atoms with van der Waals surface area (Å²) in [4.78, 5) is 28.7. The first kappa shape index (κ1) is 19.0. The summed E-state index contributed by atoms with van der Waals surface area (Å²) in [7, 11) is 1.33. The van der Waals surface area contributed by atoms with Gasteiger partial charge in [0, 0.05) is 19.0 Å². The molecule has 0 bridgehead atoms. The molecule has 1 amide bonds. The number of hydrogen-bond donors (Lipinski definition) is 1. The molecule has 0 saturated heterocycles. The van der Waals surface area contributed by atoms with E-state index in [4.69, 9.17) is 9.47 Å². The van der Waals surface area contributed by atoms with Crippen LogP contribution < -0.4 is 4.74 Å². The number of nitrogens with zero attached hydrogens (tertiary/aromatic N) is 2. The average molecular weight is 354 g/mol. The highest BCUT2D eigenvalue weighted by atomic mass is 19.1. The molecule has 7 nitrogen and oxygen atoms in total. The van der Waals surface area contributed by atoms with Gasteiger partial charge in [0.25, 0.3) is 0 Å². The zero-order chi connectivity index (χ0) is 18.8. The van der Waals surface area contributed by atoms with Crippen LogP contribution in [-0.2, 0) is 16.0 Å². The van der Waals surface area contributed by atoms with Crippen LogP contribution >= 0.6 is 0 Å². The Balaban J connectivity index is 2.19. The molecule has 0 aliphatic heterocycles. The Hall–Kier alpha value is -2.38. The molecule has 1 atom stereocenters. The Morgan fingerprint density at radius 1 is 1.44 bits per heavy atom. The molecule has 1 heterocycles. The molecule has 2 rings (SSSR count). The molecule has 138 valence electrons. The second-order valence-electron chi connectivity index (χ2n) is 7.08. The molecule has 1 saturated carbocycles. The third-order valence-corrected chi connectivity index (χ3v) is 3.54. The van der Waals surface area contributed by atoms with E-state index in [1.54, 1.807) is 20.8 Å². The van der Waals surface area contributed by atoms with E-state index in [-0.39, 0.29) is 18.4 Å². The van der Waals surface area contributed by atoms with Gasteiger partial charge in [0.15, 0.2) is 0 Å². The predicted molar refractivity (Wildman–Crippen MR) is 87.0 cm³/mol. The molecule has 1 aromatic heterocycles. The minimum atomic E-state index is -1.24. The molecule has 0 spiro atoms. The quantitative estimate of drug-likeness (QED) is 0.845. The van der Waals surface area contributed by atoms with Crippen LogP contribution in [0, 0.1) is 5.82 Å². The maximum atomic E-state index is 13.6. The topological polar surface area (TPSA) is 89.0 Å². The Bertz CT molecular complexity index is 655. The first-order valence-electron chi connectivity index (χ1n) is 8.06. The number of carbonyl (C=O) groups is 2. The molecular weight excluding hydrogens is 331 g/mol. The summed E-state index contributed by atoms with van der Waals surface area (Å²) in [5, 5.41) is 9.50. The molecule has 1 fully saturated rings. The number of carboxylic acids is 1. The first-order chi connectivity index (χ1) is 11.6. The SMILES string of the molecule is CN(C(=O)OC(C)(C)C)[C@@H](Cc1cc(F)cnc1OC1CC1)C(=O)O. The van der Waals surface area contributed by atoms with Gasteiger partial charge < -0.3 is 14.6 Å². The minimum Gasteiger partial charge on any atom is -0.480 e. The molecule has 8 heteroatoms. The highest BCUT2D eigenvalue weighted by Gasteiger charge is 2.32. The van der Waals surface area contributed by atoms with Gasteiger partial charge in [-0.3, -0.25) is 4.90 Å². The van der Waals surface area contributed by atoms with Crippen molar-refractivity contribution in [3.05, 3.63) is 23.6 Å². The average Bonchev–Trinajstić information content (AvgIpc) is 3.28. The number of rotatable bonds is 6. The summed E-state index contributed by atoms with van der Waals surface area (Å²) >= 11 is 0. The highest BCUT2D eigenvalue weighted by molar-refractivity contribution is 5.80. The Morgan fingerprint density at radius 3 is 2.60 bits per heavy atom. The van der Waals surface area contributed by atoms with Crippen molar-refractivity contribution in [2.24, 2.45) is 0 Å². The van der Waals surface area contributed by atoms with Crippen molar-refractivity contribution in [3.63, 3.8) is 0 Å². The molecule has 0 aromatic carbocycles. The van der Waals surface area contributed by atoms with Gasteiger partial charge in [-0.25, -0.2) is 19.0 Å². The zero-order valence-electron chi connectivity index (χ0n) is 14.8. The smallest absolute Gasteiger partial charge is 0.410 e. The number of likely N-dealkylation sites (N-methyl/N-ethyl adjacent to an activating group) is 1. The van der Waals surface area contributed by atoms with Crippen LogP contribution in [0.5, 0.6) is 5.88 Å². The van der Waals surface area contributed by atoms with Gasteiger partial charge in [0.2, 0.25) is 5.88 Å². The van der Waals surface area contributed by atoms with Crippen LogP contribution in [0.4, 0.5) is 9.18 Å². The van der Waals surface area contributed by atoms with E-state index in [9.17, 15) is 19.1 Å². The number of amides is 1. The third kappa shape index (κ3) is 5.58. The molecule has 1 aromatic rings. The van der Waals surface area contributed by atoms with Crippen molar-refractivity contribution in [1.82, 2.24) is 9.88 Å². The lowest BCUT2D eigenvalue weighted by atomic mass is 10.1. The number of ether oxygens (including phenoxy) is 2. The first-order valence-corrected chi connectivity index (χ1v) is 8.06. The second kappa shape index (κ2) is 7.25. The lowest BCUT2D eigenvalue weighted by Gasteiger charge is -2.28. The van der Waals surface area contributed by atoms with Crippen LogP contribution in [0.25, 0.3) is 0 Å². The van der Waals surface area contributed by atoms with Crippen molar-refractivity contribution in [3.8, 4) is 5.88 Å². The van der Waals surface area contributed by atoms with Crippen LogP contribution in [0.2, 0.25) is 0 Å². The number of halogens is 1. The van der Waals surface area contributed by atoms with Crippen molar-refractivity contribution in [1.29, 1.82) is 0 Å². The van der Waals surface area contributed by atoms with E-state index >= 15 is 0 Å². The molecule has 0 unspecified atom stereocenters. The summed E-state index contributed by atoms with van der Waals surface area (Å²) in [5.41, 5.74) is -0.454. The van der Waals surface area contributed by atoms with E-state index in [0.29, 0.717) is 5.56 Å². The monoisotopic (exact) mass is 354 g/mol. The summed E-state index contributed by atoms with van der Waals surface area (Å²) in [6.07, 6.45) is 1.92. The van der Waals surface area contributed by atoms with Crippen LogP contribution in [-0.4, -0.2) is 51.8 Å². The Morgan fingerprint density at radius 2 is 2.08 bits per heavy atom. The molecular formula is C17H23FN2O5. The normalized spacial score (nSPS) is 15.4. The fraction of sp³-hybridized carbons (Fsp3) is 0.588. The van der Waals surface area contributed by atoms with Gasteiger partial charge in [-0.2, -0.15) is 0 Å². The van der Waals surface area contributed by atoms with E-state index < -0.39 is 29.5 Å². The number of hydrogen-bond acceptors (Lipinski definition) is 5. The van der Waals surface area contributed by atoms with Crippen molar-refractivity contribution in [2.75, 3.05) is 7.05 Å². The van der Waals surface area contributed by atoms with Gasteiger partial charge in [0.05, 0.1) is 6.20 Å². The lowest BCUT2D eigenvalue weighted by Crippen LogP contribution is -2.46. The van der Waals surface area contributed by atoms with Crippen molar-refractivity contribution < 1.29 is 28.6 Å². The van der Waals surface area contributed by atoms with E-state index in [0.717, 1.165) is 23.9 Å². The zero-order valence-corrected chi connectivity index (χ0v) is 14.8. The molecule has 1 aliphatic carbocycles. The Labute approximate surface area is 145 Å². The van der Waals surface area contributed by atoms with Crippen LogP contribution in [0.15, 0.2) is 12.3 Å². The highest BCUT2D eigenvalue weighted by Crippen LogP contribution is 2.29. The van der Waals surface area contributed by atoms with Gasteiger partial charge in [-0.15, -0.1) is 0 Å². The summed E-state index contributed by atoms with van der Waals surface area (Å²) < 4.78 is 24.4. The lowest BCUT2D eigenvalue weighted by molar-refractivity contribution is -0.142. The minimum absolute atomic E-state index is 0.0311. The standard InChI is InChI=1S/C17H23FN2O5/c1-17(2,3)25-16(23)20(4)13(15(21)22)8-10-7-11(18)9-19-14(10)24-12-5-6-12/h7,9,12-13H,5-6,8H2,1-4H3,(H,21,22)/t13-/m0/s1. The molecule has 25 heavy (non-hydrogen) atoms. The van der Waals surface area contributed by atoms with E-state index in [1.807, 2.05) is 0 Å². The number of aliphatic carboxylic acids is 1. The number of carbonyl (C=O) groups excluding carboxylic acids is 1. The fourth-order valence-corrected chi connectivity index (χ4v) is 2.12. The van der Waals surface area contributed by atoms with Gasteiger partial charge in [0.1, 0.15) is 23.6 Å². The van der Waals surface area contributed by atoms with Crippen molar-refractivity contribution in [2.45, 2.75) is 57.8 Å². The number of aromatic nitrogens is 1. The maximum Gasteiger partial charge on any atom is 0.410 e. The van der Waals surface area contributed by atoms with Crippen LogP contribution in [0.1, 0.15) is 39.2 Å². The van der Waals surface area contributed by atoms with Gasteiger partial charge >= 0.3 is 12.1 Å². The third-order valence-electron chi connectivity index (χ3n) is 3.54. The number of pyridine rings is 1. The fourth-order valence-electron chi connectivity index (χ4n) is 2.12. The van der Waals surface area contributed by atoms with E-state index in [2.05, 4.69) is 4.98 Å². The van der Waals surface area contributed by atoms with E-state index in [1.165, 1.54) is 13.1 Å². The van der Waals surface area contributed by atoms with Gasteiger partial charge in [-0.05, 0) is 39.7 Å². The summed E-state index contributed by atoms with van der Waals surface area (Å²) in [6.45, 7) is 5.06. The second-order valence-corrected chi connectivity index (χ2v) is 7.08. The maximum absolute atomic E-state index is 13.6. The van der Waals surface area contributed by atoms with Crippen LogP contribution in [0.3, 0.4) is 0 Å². The van der Waals surface area contributed by atoms with Gasteiger partial charge in [-0.1, -0.05) is 0 Å². The summed E-state index contributed by atoms with van der Waals surface area (Å²) in [6, 6.07) is -0.0520. The molecule has 1 N–H and O–H groups in total. The number of carboxylic acid groups (broad SMARTS) is 1. The molecule has 0 radical (unpaired) electrons. The summed E-state index contributed by atoms with van der Waals surface area (Å²) in [5.74, 6) is -1.62.